The Morgan fingerprint density at radius 2 is 2.10 bits per heavy atom. The third kappa shape index (κ3) is 4.27. The van der Waals surface area contributed by atoms with Crippen molar-refractivity contribution >= 4 is 11.9 Å². The van der Waals surface area contributed by atoms with E-state index >= 15 is 0 Å². The van der Waals surface area contributed by atoms with Crippen LogP contribution in [0.15, 0.2) is 30.3 Å². The number of nitrogens with zero attached hydrogens (tertiary/aromatic N) is 1. The molecule has 0 radical (unpaired) electrons. The number of amides is 1. The van der Waals surface area contributed by atoms with E-state index in [1.54, 1.807) is 4.90 Å². The maximum atomic E-state index is 12.4. The Morgan fingerprint density at radius 3 is 2.76 bits per heavy atom. The number of carboxylic acids is 1. The van der Waals surface area contributed by atoms with Crippen LogP contribution in [-0.2, 0) is 14.3 Å². The lowest BCUT2D eigenvalue weighted by atomic mass is 10.0. The molecule has 1 fully saturated rings. The molecule has 1 aromatic rings. The Morgan fingerprint density at radius 1 is 1.38 bits per heavy atom. The summed E-state index contributed by atoms with van der Waals surface area (Å²) in [4.78, 5) is 24.8. The Bertz CT molecular complexity index is 492. The molecule has 2 unspecified atom stereocenters. The van der Waals surface area contributed by atoms with Crippen molar-refractivity contribution in [2.45, 2.75) is 24.9 Å². The van der Waals surface area contributed by atoms with Crippen molar-refractivity contribution in [2.75, 3.05) is 19.8 Å². The molecule has 0 aromatic heterocycles. The monoisotopic (exact) mass is 292 g/mol. The molecule has 3 N–H and O–H groups in total. The van der Waals surface area contributed by atoms with Crippen LogP contribution in [-0.4, -0.2) is 47.7 Å². The second kappa shape index (κ2) is 7.19. The molecule has 0 bridgehead atoms. The molecule has 1 amide bonds. The van der Waals surface area contributed by atoms with E-state index in [-0.39, 0.29) is 31.4 Å². The summed E-state index contributed by atoms with van der Waals surface area (Å²) in [6.45, 7) is 1.11. The zero-order chi connectivity index (χ0) is 15.2. The van der Waals surface area contributed by atoms with Gasteiger partial charge in [-0.1, -0.05) is 30.3 Å². The molecule has 6 heteroatoms. The van der Waals surface area contributed by atoms with Crippen LogP contribution in [0.5, 0.6) is 0 Å². The minimum Gasteiger partial charge on any atom is -0.481 e. The standard InChI is InChI=1S/C15H20N2O4/c16-13(11-4-2-1-3-5-11)9-14(18)17-6-7-21-10-12(17)8-15(19)20/h1-5,12-13H,6-10,16H2,(H,19,20). The highest BCUT2D eigenvalue weighted by atomic mass is 16.5. The molecular formula is C15H20N2O4. The number of carbonyl (C=O) groups excluding carboxylic acids is 1. The van der Waals surface area contributed by atoms with Gasteiger partial charge < -0.3 is 20.5 Å². The van der Waals surface area contributed by atoms with E-state index in [9.17, 15) is 9.59 Å². The molecular weight excluding hydrogens is 272 g/mol. The molecule has 2 atom stereocenters. The number of hydrogen-bond donors (Lipinski definition) is 2. The summed E-state index contributed by atoms with van der Waals surface area (Å²) in [5.74, 6) is -1.06. The van der Waals surface area contributed by atoms with Gasteiger partial charge in [0.2, 0.25) is 5.91 Å². The second-order valence-electron chi connectivity index (χ2n) is 5.14. The van der Waals surface area contributed by atoms with Gasteiger partial charge in [0.05, 0.1) is 25.7 Å². The van der Waals surface area contributed by atoms with Crippen molar-refractivity contribution in [2.24, 2.45) is 5.73 Å². The maximum absolute atomic E-state index is 12.4. The number of hydrogen-bond acceptors (Lipinski definition) is 4. The Kier molecular flexibility index (Phi) is 5.30. The summed E-state index contributed by atoms with van der Waals surface area (Å²) < 4.78 is 5.26. The smallest absolute Gasteiger partial charge is 0.305 e. The van der Waals surface area contributed by atoms with Gasteiger partial charge in [-0.15, -0.1) is 0 Å². The molecule has 1 heterocycles. The van der Waals surface area contributed by atoms with Crippen LogP contribution in [0, 0.1) is 0 Å². The van der Waals surface area contributed by atoms with Gasteiger partial charge in [-0.25, -0.2) is 0 Å². The van der Waals surface area contributed by atoms with E-state index < -0.39 is 12.0 Å². The largest absolute Gasteiger partial charge is 0.481 e. The van der Waals surface area contributed by atoms with Gasteiger partial charge in [0.25, 0.3) is 0 Å². The summed E-state index contributed by atoms with van der Waals surface area (Å²) in [5.41, 5.74) is 6.95. The highest BCUT2D eigenvalue weighted by Crippen LogP contribution is 2.18. The lowest BCUT2D eigenvalue weighted by molar-refractivity contribution is -0.146. The van der Waals surface area contributed by atoms with Crippen LogP contribution < -0.4 is 5.73 Å². The number of carbonyl (C=O) groups is 2. The van der Waals surface area contributed by atoms with Crippen molar-refractivity contribution in [3.05, 3.63) is 35.9 Å². The van der Waals surface area contributed by atoms with Gasteiger partial charge in [-0.3, -0.25) is 9.59 Å². The third-order valence-electron chi connectivity index (χ3n) is 3.58. The molecule has 2 rings (SSSR count). The highest BCUT2D eigenvalue weighted by Gasteiger charge is 2.29. The van der Waals surface area contributed by atoms with Crippen molar-refractivity contribution in [1.29, 1.82) is 0 Å². The number of nitrogens with two attached hydrogens (primary N) is 1. The molecule has 0 spiro atoms. The average Bonchev–Trinajstić information content (AvgIpc) is 2.48. The Labute approximate surface area is 123 Å². The van der Waals surface area contributed by atoms with E-state index in [2.05, 4.69) is 0 Å². The predicted octanol–water partition coefficient (Wildman–Crippen LogP) is 0.779. The van der Waals surface area contributed by atoms with Crippen LogP contribution in [0.4, 0.5) is 0 Å². The third-order valence-corrected chi connectivity index (χ3v) is 3.58. The fourth-order valence-corrected chi connectivity index (χ4v) is 2.48. The summed E-state index contributed by atoms with van der Waals surface area (Å²) in [6, 6.07) is 8.61. The van der Waals surface area contributed by atoms with Crippen molar-refractivity contribution in [3.63, 3.8) is 0 Å². The molecule has 0 aliphatic carbocycles. The van der Waals surface area contributed by atoms with Gasteiger partial charge >= 0.3 is 5.97 Å². The maximum Gasteiger partial charge on any atom is 0.305 e. The van der Waals surface area contributed by atoms with Gasteiger partial charge in [-0.2, -0.15) is 0 Å². The number of ether oxygens (including phenoxy) is 1. The molecule has 0 saturated carbocycles. The van der Waals surface area contributed by atoms with Crippen LogP contribution in [0.25, 0.3) is 0 Å². The molecule has 1 aromatic carbocycles. The average molecular weight is 292 g/mol. The number of rotatable bonds is 5. The summed E-state index contributed by atoms with van der Waals surface area (Å²) >= 11 is 0. The van der Waals surface area contributed by atoms with Crippen LogP contribution in [0.3, 0.4) is 0 Å². The first-order valence-corrected chi connectivity index (χ1v) is 6.97. The summed E-state index contributed by atoms with van der Waals surface area (Å²) in [5, 5.41) is 8.91. The molecule has 114 valence electrons. The van der Waals surface area contributed by atoms with Crippen molar-refractivity contribution in [1.82, 2.24) is 4.90 Å². The van der Waals surface area contributed by atoms with Crippen LogP contribution >= 0.6 is 0 Å². The summed E-state index contributed by atoms with van der Waals surface area (Å²) in [7, 11) is 0. The van der Waals surface area contributed by atoms with Crippen molar-refractivity contribution in [3.8, 4) is 0 Å². The summed E-state index contributed by atoms with van der Waals surface area (Å²) in [6.07, 6.45) is 0.0620. The molecule has 6 nitrogen and oxygen atoms in total. The molecule has 21 heavy (non-hydrogen) atoms. The van der Waals surface area contributed by atoms with E-state index in [0.29, 0.717) is 13.2 Å². The Hall–Kier alpha value is -1.92. The van der Waals surface area contributed by atoms with Crippen LogP contribution in [0.2, 0.25) is 0 Å². The van der Waals surface area contributed by atoms with Crippen molar-refractivity contribution < 1.29 is 19.4 Å². The van der Waals surface area contributed by atoms with Gasteiger partial charge in [0, 0.05) is 19.0 Å². The Balaban J connectivity index is 1.98. The minimum atomic E-state index is -0.935. The van der Waals surface area contributed by atoms with Gasteiger partial charge in [0.15, 0.2) is 0 Å². The van der Waals surface area contributed by atoms with E-state index in [4.69, 9.17) is 15.6 Å². The number of carboxylic acid groups (broad SMARTS) is 1. The van der Waals surface area contributed by atoms with E-state index in [1.807, 2.05) is 30.3 Å². The lowest BCUT2D eigenvalue weighted by Crippen LogP contribution is -2.50. The highest BCUT2D eigenvalue weighted by molar-refractivity contribution is 5.78. The first-order valence-electron chi connectivity index (χ1n) is 6.97. The van der Waals surface area contributed by atoms with Gasteiger partial charge in [0.1, 0.15) is 0 Å². The minimum absolute atomic E-state index is 0.105. The quantitative estimate of drug-likeness (QED) is 0.836. The first-order chi connectivity index (χ1) is 10.1. The fraction of sp³-hybridized carbons (Fsp3) is 0.467. The normalized spacial score (nSPS) is 20.0. The number of aliphatic carboxylic acids is 1. The van der Waals surface area contributed by atoms with E-state index in [0.717, 1.165) is 5.56 Å². The zero-order valence-corrected chi connectivity index (χ0v) is 11.8. The van der Waals surface area contributed by atoms with Crippen LogP contribution in [0.1, 0.15) is 24.4 Å². The molecule has 1 aliphatic heterocycles. The topological polar surface area (TPSA) is 92.9 Å². The fourth-order valence-electron chi connectivity index (χ4n) is 2.48. The number of morpholine rings is 1. The lowest BCUT2D eigenvalue weighted by Gasteiger charge is -2.35. The molecule has 1 saturated heterocycles. The number of benzene rings is 1. The van der Waals surface area contributed by atoms with Gasteiger partial charge in [-0.05, 0) is 5.56 Å². The first kappa shape index (κ1) is 15.5. The predicted molar refractivity (Wildman–Crippen MR) is 76.6 cm³/mol. The molecule has 1 aliphatic rings. The second-order valence-corrected chi connectivity index (χ2v) is 5.14. The van der Waals surface area contributed by atoms with E-state index in [1.165, 1.54) is 0 Å². The SMILES string of the molecule is NC(CC(=O)N1CCOCC1CC(=O)O)c1ccccc1. The zero-order valence-electron chi connectivity index (χ0n) is 11.8.